The number of anilines is 1. The third kappa shape index (κ3) is 2.60. The Hall–Kier alpha value is -2.04. The molecule has 0 unspecified atom stereocenters. The molecule has 2 N–H and O–H groups in total. The van der Waals surface area contributed by atoms with E-state index in [1.165, 1.54) is 12.1 Å². The number of hydrogen-bond acceptors (Lipinski definition) is 3. The second-order valence-corrected chi connectivity index (χ2v) is 5.23. The maximum absolute atomic E-state index is 13.4. The Bertz CT molecular complexity index is 817. The Morgan fingerprint density at radius 1 is 1.00 bits per heavy atom. The molecule has 2 aromatic carbocycles. The number of hydrogen-bond donors (Lipinski definition) is 1. The highest BCUT2D eigenvalue weighted by molar-refractivity contribution is 6.42. The lowest BCUT2D eigenvalue weighted by molar-refractivity contribution is 0.436. The lowest BCUT2D eigenvalue weighted by Crippen LogP contribution is -1.89. The van der Waals surface area contributed by atoms with Gasteiger partial charge in [-0.2, -0.15) is 0 Å². The van der Waals surface area contributed by atoms with Crippen LogP contribution < -0.4 is 5.73 Å². The lowest BCUT2D eigenvalue weighted by atomic mass is 10.0. The average Bonchev–Trinajstić information content (AvgIpc) is 2.84. The summed E-state index contributed by atoms with van der Waals surface area (Å²) in [7, 11) is 0. The van der Waals surface area contributed by atoms with E-state index in [-0.39, 0.29) is 11.6 Å². The lowest BCUT2D eigenvalue weighted by Gasteiger charge is -2.04. The molecular weight excluding hydrogens is 314 g/mol. The summed E-state index contributed by atoms with van der Waals surface area (Å²) in [5, 5.41) is 4.57. The van der Waals surface area contributed by atoms with Crippen LogP contribution in [-0.4, -0.2) is 5.16 Å². The first-order valence-corrected chi connectivity index (χ1v) is 6.78. The van der Waals surface area contributed by atoms with Crippen molar-refractivity contribution in [1.82, 2.24) is 5.16 Å². The van der Waals surface area contributed by atoms with Crippen LogP contribution in [0.25, 0.3) is 22.5 Å². The van der Waals surface area contributed by atoms with E-state index >= 15 is 0 Å². The highest BCUT2D eigenvalue weighted by Crippen LogP contribution is 2.38. The average molecular weight is 323 g/mol. The van der Waals surface area contributed by atoms with Gasteiger partial charge in [-0.25, -0.2) is 4.39 Å². The van der Waals surface area contributed by atoms with E-state index < -0.39 is 0 Å². The zero-order valence-electron chi connectivity index (χ0n) is 10.6. The van der Waals surface area contributed by atoms with Gasteiger partial charge < -0.3 is 10.3 Å². The minimum atomic E-state index is -0.367. The van der Waals surface area contributed by atoms with Gasteiger partial charge in [-0.1, -0.05) is 40.5 Å². The van der Waals surface area contributed by atoms with Crippen LogP contribution >= 0.6 is 23.2 Å². The molecule has 21 heavy (non-hydrogen) atoms. The summed E-state index contributed by atoms with van der Waals surface area (Å²) in [5.41, 5.74) is 7.60. The predicted octanol–water partition coefficient (Wildman–Crippen LogP) is 5.04. The number of benzene rings is 2. The number of aromatic nitrogens is 1. The summed E-state index contributed by atoms with van der Waals surface area (Å²) < 4.78 is 18.7. The highest BCUT2D eigenvalue weighted by atomic mass is 35.5. The van der Waals surface area contributed by atoms with Crippen LogP contribution in [-0.2, 0) is 0 Å². The highest BCUT2D eigenvalue weighted by Gasteiger charge is 2.18. The number of halogens is 3. The molecule has 106 valence electrons. The molecule has 0 atom stereocenters. The van der Waals surface area contributed by atoms with E-state index in [1.807, 2.05) is 0 Å². The van der Waals surface area contributed by atoms with E-state index in [0.29, 0.717) is 32.5 Å². The molecule has 0 saturated heterocycles. The molecule has 0 radical (unpaired) electrons. The molecule has 1 aromatic heterocycles. The summed E-state index contributed by atoms with van der Waals surface area (Å²) in [5.74, 6) is 0.228. The van der Waals surface area contributed by atoms with Crippen LogP contribution in [0.5, 0.6) is 0 Å². The van der Waals surface area contributed by atoms with Crippen molar-refractivity contribution >= 4 is 29.0 Å². The van der Waals surface area contributed by atoms with Gasteiger partial charge in [0, 0.05) is 5.56 Å². The molecule has 3 aromatic rings. The number of nitrogen functional groups attached to an aromatic ring is 1. The van der Waals surface area contributed by atoms with Crippen molar-refractivity contribution < 1.29 is 8.91 Å². The standard InChI is InChI=1S/C15H9Cl2FN2O/c16-11-5-4-9(7-12(11)17)14-13(15(19)20-21-14)8-2-1-3-10(18)6-8/h1-7H,(H2,19,20). The van der Waals surface area contributed by atoms with Crippen molar-refractivity contribution in [3.63, 3.8) is 0 Å². The van der Waals surface area contributed by atoms with Crippen LogP contribution in [0.3, 0.4) is 0 Å². The molecule has 6 heteroatoms. The van der Waals surface area contributed by atoms with Crippen molar-refractivity contribution in [2.75, 3.05) is 5.73 Å². The predicted molar refractivity (Wildman–Crippen MR) is 81.8 cm³/mol. The summed E-state index contributed by atoms with van der Waals surface area (Å²) in [6.07, 6.45) is 0. The maximum Gasteiger partial charge on any atom is 0.176 e. The Labute approximate surface area is 130 Å². The molecule has 0 aliphatic heterocycles. The summed E-state index contributed by atoms with van der Waals surface area (Å²) in [4.78, 5) is 0. The monoisotopic (exact) mass is 322 g/mol. The minimum Gasteiger partial charge on any atom is -0.380 e. The first kappa shape index (κ1) is 13.9. The van der Waals surface area contributed by atoms with Gasteiger partial charge in [0.1, 0.15) is 5.82 Å². The molecule has 0 spiro atoms. The zero-order chi connectivity index (χ0) is 15.0. The Kier molecular flexibility index (Phi) is 3.57. The van der Waals surface area contributed by atoms with Crippen molar-refractivity contribution in [1.29, 1.82) is 0 Å². The first-order valence-electron chi connectivity index (χ1n) is 6.03. The van der Waals surface area contributed by atoms with E-state index in [9.17, 15) is 4.39 Å². The van der Waals surface area contributed by atoms with Gasteiger partial charge in [0.25, 0.3) is 0 Å². The van der Waals surface area contributed by atoms with Crippen molar-refractivity contribution in [2.45, 2.75) is 0 Å². The second kappa shape index (κ2) is 5.39. The second-order valence-electron chi connectivity index (χ2n) is 4.41. The van der Waals surface area contributed by atoms with E-state index in [4.69, 9.17) is 33.5 Å². The molecule has 0 bridgehead atoms. The summed E-state index contributed by atoms with van der Waals surface area (Å²) in [6, 6.07) is 11.1. The van der Waals surface area contributed by atoms with Gasteiger partial charge >= 0.3 is 0 Å². The molecule has 0 fully saturated rings. The topological polar surface area (TPSA) is 52.0 Å². The van der Waals surface area contributed by atoms with Gasteiger partial charge in [-0.05, 0) is 35.9 Å². The van der Waals surface area contributed by atoms with Crippen molar-refractivity contribution in [3.05, 3.63) is 58.3 Å². The van der Waals surface area contributed by atoms with Gasteiger partial charge in [0.15, 0.2) is 11.6 Å². The van der Waals surface area contributed by atoms with Crippen molar-refractivity contribution in [3.8, 4) is 22.5 Å². The van der Waals surface area contributed by atoms with E-state index in [2.05, 4.69) is 5.16 Å². The number of nitrogens with two attached hydrogens (primary N) is 1. The van der Waals surface area contributed by atoms with Crippen LogP contribution in [0, 0.1) is 5.82 Å². The molecule has 3 rings (SSSR count). The summed E-state index contributed by atoms with van der Waals surface area (Å²) in [6.45, 7) is 0. The molecular formula is C15H9Cl2FN2O. The third-order valence-electron chi connectivity index (χ3n) is 3.01. The van der Waals surface area contributed by atoms with Gasteiger partial charge in [-0.15, -0.1) is 0 Å². The maximum atomic E-state index is 13.4. The third-order valence-corrected chi connectivity index (χ3v) is 3.75. The van der Waals surface area contributed by atoms with Gasteiger partial charge in [0.2, 0.25) is 0 Å². The minimum absolute atomic E-state index is 0.182. The van der Waals surface area contributed by atoms with Crippen LogP contribution in [0.4, 0.5) is 10.2 Å². The number of nitrogens with zero attached hydrogens (tertiary/aromatic N) is 1. The fourth-order valence-electron chi connectivity index (χ4n) is 2.06. The van der Waals surface area contributed by atoms with Crippen molar-refractivity contribution in [2.24, 2.45) is 0 Å². The van der Waals surface area contributed by atoms with Crippen LogP contribution in [0.1, 0.15) is 0 Å². The zero-order valence-corrected chi connectivity index (χ0v) is 12.1. The molecule has 3 nitrogen and oxygen atoms in total. The van der Waals surface area contributed by atoms with E-state index in [1.54, 1.807) is 30.3 Å². The van der Waals surface area contributed by atoms with E-state index in [0.717, 1.165) is 0 Å². The Morgan fingerprint density at radius 3 is 2.52 bits per heavy atom. The SMILES string of the molecule is Nc1noc(-c2ccc(Cl)c(Cl)c2)c1-c1cccc(F)c1. The molecule has 0 saturated carbocycles. The summed E-state index contributed by atoms with van der Waals surface area (Å²) >= 11 is 11.9. The largest absolute Gasteiger partial charge is 0.380 e. The Balaban J connectivity index is 2.19. The smallest absolute Gasteiger partial charge is 0.176 e. The van der Waals surface area contributed by atoms with Gasteiger partial charge in [-0.3, -0.25) is 0 Å². The Morgan fingerprint density at radius 2 is 1.81 bits per heavy atom. The quantitative estimate of drug-likeness (QED) is 0.719. The fourth-order valence-corrected chi connectivity index (χ4v) is 2.36. The molecule has 0 amide bonds. The first-order chi connectivity index (χ1) is 10.1. The molecule has 0 aliphatic carbocycles. The fraction of sp³-hybridized carbons (Fsp3) is 0. The number of rotatable bonds is 2. The molecule has 0 aliphatic rings. The van der Waals surface area contributed by atoms with Crippen LogP contribution in [0.15, 0.2) is 47.0 Å². The normalized spacial score (nSPS) is 10.8. The molecule has 1 heterocycles. The van der Waals surface area contributed by atoms with Crippen LogP contribution in [0.2, 0.25) is 10.0 Å². The van der Waals surface area contributed by atoms with Gasteiger partial charge in [0.05, 0.1) is 15.6 Å².